The molecule has 2 fully saturated rings. The number of carbonyl (C=O) groups excluding carboxylic acids is 2. The Morgan fingerprint density at radius 3 is 2.00 bits per heavy atom. The van der Waals surface area contributed by atoms with Gasteiger partial charge in [-0.2, -0.15) is 0 Å². The molecule has 3 aromatic carbocycles. The molecule has 0 N–H and O–H groups in total. The van der Waals surface area contributed by atoms with Crippen LogP contribution in [0.3, 0.4) is 0 Å². The van der Waals surface area contributed by atoms with Crippen molar-refractivity contribution in [2.75, 3.05) is 32.7 Å². The Kier molecular flexibility index (Phi) is 9.04. The van der Waals surface area contributed by atoms with Crippen molar-refractivity contribution in [2.45, 2.75) is 50.6 Å². The highest BCUT2D eigenvalue weighted by molar-refractivity contribution is 5.94. The van der Waals surface area contributed by atoms with Crippen LogP contribution < -0.4 is 0 Å². The van der Waals surface area contributed by atoms with E-state index in [1.807, 2.05) is 21.9 Å². The number of nitrogens with zero attached hydrogens (tertiary/aromatic N) is 3. The largest absolute Gasteiger partial charge is 0.340 e. The Hall–Kier alpha value is -3.51. The van der Waals surface area contributed by atoms with E-state index in [1.54, 1.807) is 12.1 Å². The number of rotatable bonds is 8. The van der Waals surface area contributed by atoms with Crippen molar-refractivity contribution >= 4 is 11.8 Å². The topological polar surface area (TPSA) is 43.9 Å². The highest BCUT2D eigenvalue weighted by Crippen LogP contribution is 2.30. The summed E-state index contributed by atoms with van der Waals surface area (Å²) in [5.74, 6) is -0.506. The van der Waals surface area contributed by atoms with Crippen molar-refractivity contribution in [1.82, 2.24) is 14.7 Å². The number of amides is 2. The summed E-state index contributed by atoms with van der Waals surface area (Å²) in [4.78, 5) is 33.0. The monoisotopic (exact) mass is 527 g/mol. The van der Waals surface area contributed by atoms with Gasteiger partial charge in [0.05, 0.1) is 6.04 Å². The average Bonchev–Trinajstić information content (AvgIpc) is 2.99. The second kappa shape index (κ2) is 13.0. The summed E-state index contributed by atoms with van der Waals surface area (Å²) < 4.78 is 13.9. The van der Waals surface area contributed by atoms with E-state index >= 15 is 0 Å². The SMILES string of the molecule is O=C(CCN(C(=O)c1cccc(F)c1)C1CCCCC1)N1CCN(C(c2ccccc2)c2ccccc2)CC1. The second-order valence-electron chi connectivity index (χ2n) is 10.7. The zero-order chi connectivity index (χ0) is 27.0. The maximum absolute atomic E-state index is 13.9. The predicted octanol–water partition coefficient (Wildman–Crippen LogP) is 5.92. The Morgan fingerprint density at radius 1 is 0.795 bits per heavy atom. The van der Waals surface area contributed by atoms with Crippen LogP contribution in [0.25, 0.3) is 0 Å². The molecule has 5 nitrogen and oxygen atoms in total. The van der Waals surface area contributed by atoms with Crippen LogP contribution in [-0.4, -0.2) is 65.3 Å². The summed E-state index contributed by atoms with van der Waals surface area (Å²) in [6.45, 7) is 3.27. The smallest absolute Gasteiger partial charge is 0.254 e. The van der Waals surface area contributed by atoms with Crippen molar-refractivity contribution in [3.63, 3.8) is 0 Å². The normalized spacial score (nSPS) is 16.8. The van der Waals surface area contributed by atoms with Gasteiger partial charge in [0.2, 0.25) is 5.91 Å². The van der Waals surface area contributed by atoms with Gasteiger partial charge in [-0.3, -0.25) is 14.5 Å². The van der Waals surface area contributed by atoms with Crippen LogP contribution in [0.4, 0.5) is 4.39 Å². The zero-order valence-electron chi connectivity index (χ0n) is 22.6. The molecule has 5 rings (SSSR count). The third-order valence-corrected chi connectivity index (χ3v) is 8.18. The molecule has 0 atom stereocenters. The van der Waals surface area contributed by atoms with E-state index in [0.29, 0.717) is 31.6 Å². The molecule has 1 heterocycles. The Balaban J connectivity index is 1.22. The fourth-order valence-electron chi connectivity index (χ4n) is 6.12. The van der Waals surface area contributed by atoms with Crippen LogP contribution >= 0.6 is 0 Å². The highest BCUT2D eigenvalue weighted by atomic mass is 19.1. The lowest BCUT2D eigenvalue weighted by atomic mass is 9.93. The van der Waals surface area contributed by atoms with Crippen molar-refractivity contribution in [2.24, 2.45) is 0 Å². The van der Waals surface area contributed by atoms with Crippen LogP contribution in [0, 0.1) is 5.82 Å². The fourth-order valence-corrected chi connectivity index (χ4v) is 6.12. The highest BCUT2D eigenvalue weighted by Gasteiger charge is 2.30. The summed E-state index contributed by atoms with van der Waals surface area (Å²) in [7, 11) is 0. The van der Waals surface area contributed by atoms with Gasteiger partial charge in [-0.1, -0.05) is 86.0 Å². The van der Waals surface area contributed by atoms with Gasteiger partial charge in [-0.15, -0.1) is 0 Å². The molecule has 6 heteroatoms. The third kappa shape index (κ3) is 6.74. The minimum atomic E-state index is -0.414. The zero-order valence-corrected chi connectivity index (χ0v) is 22.6. The summed E-state index contributed by atoms with van der Waals surface area (Å²) in [5, 5.41) is 0. The van der Waals surface area contributed by atoms with E-state index < -0.39 is 5.82 Å². The van der Waals surface area contributed by atoms with Gasteiger partial charge in [0.1, 0.15) is 5.82 Å². The molecule has 1 saturated carbocycles. The van der Waals surface area contributed by atoms with E-state index in [1.165, 1.54) is 29.7 Å². The number of piperazine rings is 1. The first-order valence-electron chi connectivity index (χ1n) is 14.3. The first kappa shape index (κ1) is 27.1. The van der Waals surface area contributed by atoms with Crippen molar-refractivity contribution in [1.29, 1.82) is 0 Å². The molecule has 2 aliphatic rings. The number of carbonyl (C=O) groups is 2. The summed E-state index contributed by atoms with van der Waals surface area (Å²) in [6, 6.07) is 27.2. The molecule has 1 saturated heterocycles. The van der Waals surface area contributed by atoms with E-state index in [2.05, 4.69) is 53.4 Å². The molecule has 204 valence electrons. The van der Waals surface area contributed by atoms with Crippen LogP contribution in [-0.2, 0) is 4.79 Å². The van der Waals surface area contributed by atoms with Crippen LogP contribution in [0.1, 0.15) is 66.1 Å². The van der Waals surface area contributed by atoms with Gasteiger partial charge >= 0.3 is 0 Å². The summed E-state index contributed by atoms with van der Waals surface area (Å²) >= 11 is 0. The Morgan fingerprint density at radius 2 is 1.41 bits per heavy atom. The van der Waals surface area contributed by atoms with E-state index in [0.717, 1.165) is 38.8 Å². The molecule has 0 radical (unpaired) electrons. The lowest BCUT2D eigenvalue weighted by molar-refractivity contribution is -0.133. The summed E-state index contributed by atoms with van der Waals surface area (Å²) in [5.41, 5.74) is 2.86. The van der Waals surface area contributed by atoms with Crippen molar-refractivity contribution < 1.29 is 14.0 Å². The Labute approximate surface area is 231 Å². The molecule has 0 bridgehead atoms. The maximum atomic E-state index is 13.9. The summed E-state index contributed by atoms with van der Waals surface area (Å²) in [6.07, 6.45) is 5.50. The molecule has 0 unspecified atom stereocenters. The number of hydrogen-bond donors (Lipinski definition) is 0. The first-order chi connectivity index (χ1) is 19.1. The minimum absolute atomic E-state index is 0.0819. The second-order valence-corrected chi connectivity index (χ2v) is 10.7. The van der Waals surface area contributed by atoms with E-state index in [-0.39, 0.29) is 23.9 Å². The number of benzene rings is 3. The fraction of sp³-hybridized carbons (Fsp3) is 0.394. The molecule has 3 aromatic rings. The molecule has 0 spiro atoms. The molecule has 2 amide bonds. The minimum Gasteiger partial charge on any atom is -0.340 e. The molecule has 0 aromatic heterocycles. The standard InChI is InChI=1S/C33H38FN3O2/c34-29-16-10-15-28(25-29)33(39)37(30-17-8-3-9-18-30)20-19-31(38)35-21-23-36(24-22-35)32(26-11-4-1-5-12-26)27-13-6-2-7-14-27/h1-2,4-7,10-16,25,30,32H,3,8-9,17-24H2. The van der Waals surface area contributed by atoms with Crippen LogP contribution in [0.5, 0.6) is 0 Å². The molecule has 1 aliphatic carbocycles. The van der Waals surface area contributed by atoms with E-state index in [4.69, 9.17) is 0 Å². The van der Waals surface area contributed by atoms with Gasteiger partial charge in [0, 0.05) is 50.7 Å². The van der Waals surface area contributed by atoms with Gasteiger partial charge in [-0.25, -0.2) is 4.39 Å². The lowest BCUT2D eigenvalue weighted by Gasteiger charge is -2.40. The third-order valence-electron chi connectivity index (χ3n) is 8.18. The van der Waals surface area contributed by atoms with Crippen molar-refractivity contribution in [3.8, 4) is 0 Å². The van der Waals surface area contributed by atoms with Gasteiger partial charge in [0.15, 0.2) is 0 Å². The number of halogens is 1. The first-order valence-corrected chi connectivity index (χ1v) is 14.3. The molecule has 39 heavy (non-hydrogen) atoms. The maximum Gasteiger partial charge on any atom is 0.254 e. The van der Waals surface area contributed by atoms with E-state index in [9.17, 15) is 14.0 Å². The van der Waals surface area contributed by atoms with Crippen LogP contribution in [0.15, 0.2) is 84.9 Å². The molecular formula is C33H38FN3O2. The van der Waals surface area contributed by atoms with Crippen LogP contribution in [0.2, 0.25) is 0 Å². The number of hydrogen-bond acceptors (Lipinski definition) is 3. The molecule has 1 aliphatic heterocycles. The predicted molar refractivity (Wildman–Crippen MR) is 152 cm³/mol. The van der Waals surface area contributed by atoms with Crippen molar-refractivity contribution in [3.05, 3.63) is 107 Å². The van der Waals surface area contributed by atoms with Gasteiger partial charge in [-0.05, 0) is 42.2 Å². The quantitative estimate of drug-likeness (QED) is 0.365. The van der Waals surface area contributed by atoms with Gasteiger partial charge < -0.3 is 9.80 Å². The molecular weight excluding hydrogens is 489 g/mol. The average molecular weight is 528 g/mol. The van der Waals surface area contributed by atoms with Gasteiger partial charge in [0.25, 0.3) is 5.91 Å². The lowest BCUT2D eigenvalue weighted by Crippen LogP contribution is -2.51. The Bertz CT molecular complexity index is 1180.